The van der Waals surface area contributed by atoms with Gasteiger partial charge in [-0.05, 0) is 24.1 Å². The summed E-state index contributed by atoms with van der Waals surface area (Å²) in [6.07, 6.45) is 0.895. The quantitative estimate of drug-likeness (QED) is 0.771. The molecule has 1 unspecified atom stereocenters. The third-order valence-corrected chi connectivity index (χ3v) is 2.88. The second kappa shape index (κ2) is 3.81. The van der Waals surface area contributed by atoms with Crippen molar-refractivity contribution < 1.29 is 9.13 Å². The van der Waals surface area contributed by atoms with E-state index in [1.807, 2.05) is 0 Å². The highest BCUT2D eigenvalue weighted by atomic mass is 19.1. The Bertz CT molecular complexity index is 365. The smallest absolute Gasteiger partial charge is 0.124 e. The summed E-state index contributed by atoms with van der Waals surface area (Å²) in [5.41, 5.74) is 6.78. The molecule has 0 bridgehead atoms. The van der Waals surface area contributed by atoms with Crippen LogP contribution < -0.4 is 10.5 Å². The molecule has 0 radical (unpaired) electrons. The van der Waals surface area contributed by atoms with E-state index in [0.717, 1.165) is 17.7 Å². The molecular weight excluding hydrogens is 193 g/mol. The van der Waals surface area contributed by atoms with Crippen LogP contribution in [-0.4, -0.2) is 6.10 Å². The normalized spacial score (nSPS) is 24.9. The Balaban J connectivity index is 2.32. The van der Waals surface area contributed by atoms with Gasteiger partial charge in [0.05, 0.1) is 0 Å². The van der Waals surface area contributed by atoms with Crippen LogP contribution >= 0.6 is 0 Å². The molecule has 1 heterocycles. The van der Waals surface area contributed by atoms with Gasteiger partial charge in [-0.1, -0.05) is 13.8 Å². The van der Waals surface area contributed by atoms with Gasteiger partial charge in [0.2, 0.25) is 0 Å². The van der Waals surface area contributed by atoms with E-state index < -0.39 is 0 Å². The van der Waals surface area contributed by atoms with E-state index in [2.05, 4.69) is 13.8 Å². The summed E-state index contributed by atoms with van der Waals surface area (Å²) in [6.45, 7) is 4.21. The zero-order chi connectivity index (χ0) is 11.0. The van der Waals surface area contributed by atoms with Crippen molar-refractivity contribution in [3.05, 3.63) is 29.6 Å². The van der Waals surface area contributed by atoms with Crippen molar-refractivity contribution in [3.8, 4) is 5.75 Å². The molecule has 82 valence electrons. The number of rotatable bonds is 1. The average molecular weight is 209 g/mol. The molecular formula is C12H16FNO. The molecule has 2 rings (SSSR count). The van der Waals surface area contributed by atoms with Gasteiger partial charge < -0.3 is 10.5 Å². The molecule has 0 aromatic heterocycles. The molecule has 1 aromatic carbocycles. The van der Waals surface area contributed by atoms with Crippen LogP contribution in [0, 0.1) is 11.7 Å². The summed E-state index contributed by atoms with van der Waals surface area (Å²) in [4.78, 5) is 0. The van der Waals surface area contributed by atoms with E-state index in [9.17, 15) is 4.39 Å². The van der Waals surface area contributed by atoms with E-state index >= 15 is 0 Å². The molecule has 0 spiro atoms. The summed E-state index contributed by atoms with van der Waals surface area (Å²) in [7, 11) is 0. The molecule has 0 saturated heterocycles. The highest BCUT2D eigenvalue weighted by Crippen LogP contribution is 2.35. The van der Waals surface area contributed by atoms with Gasteiger partial charge in [0, 0.05) is 18.0 Å². The van der Waals surface area contributed by atoms with Gasteiger partial charge in [-0.25, -0.2) is 4.39 Å². The number of hydrogen-bond donors (Lipinski definition) is 1. The number of halogens is 1. The monoisotopic (exact) mass is 209 g/mol. The van der Waals surface area contributed by atoms with E-state index in [-0.39, 0.29) is 18.0 Å². The lowest BCUT2D eigenvalue weighted by Gasteiger charge is -2.32. The Hall–Kier alpha value is -1.09. The minimum absolute atomic E-state index is 0.114. The Morgan fingerprint density at radius 2 is 2.20 bits per heavy atom. The second-order valence-corrected chi connectivity index (χ2v) is 4.42. The lowest BCUT2D eigenvalue weighted by atomic mass is 9.92. The van der Waals surface area contributed by atoms with Gasteiger partial charge in [-0.3, -0.25) is 0 Å². The highest BCUT2D eigenvalue weighted by molar-refractivity contribution is 5.38. The van der Waals surface area contributed by atoms with Crippen LogP contribution in [0.4, 0.5) is 4.39 Å². The van der Waals surface area contributed by atoms with Crippen LogP contribution in [0.25, 0.3) is 0 Å². The first-order chi connectivity index (χ1) is 7.08. The van der Waals surface area contributed by atoms with Gasteiger partial charge in [-0.2, -0.15) is 0 Å². The van der Waals surface area contributed by atoms with Crippen molar-refractivity contribution in [1.82, 2.24) is 0 Å². The molecule has 0 saturated carbocycles. The van der Waals surface area contributed by atoms with Crippen LogP contribution in [0.5, 0.6) is 5.75 Å². The predicted octanol–water partition coefficient (Wildman–Crippen LogP) is 2.63. The molecule has 3 heteroatoms. The zero-order valence-electron chi connectivity index (χ0n) is 9.03. The summed E-state index contributed by atoms with van der Waals surface area (Å²) in [6, 6.07) is 4.43. The Morgan fingerprint density at radius 1 is 1.47 bits per heavy atom. The molecule has 0 amide bonds. The fourth-order valence-electron chi connectivity index (χ4n) is 1.91. The van der Waals surface area contributed by atoms with E-state index in [0.29, 0.717) is 5.92 Å². The lowest BCUT2D eigenvalue weighted by Crippen LogP contribution is -2.33. The standard InChI is InChI=1S/C12H16FNO/c1-7(2)12-6-10(14)9-5-8(13)3-4-11(9)15-12/h3-5,7,10,12H,6,14H2,1-2H3/t10-,12?/m1/s1. The van der Waals surface area contributed by atoms with Gasteiger partial charge in [0.25, 0.3) is 0 Å². The first kappa shape index (κ1) is 10.4. The number of nitrogens with two attached hydrogens (primary N) is 1. The molecule has 0 fully saturated rings. The minimum Gasteiger partial charge on any atom is -0.490 e. The predicted molar refractivity (Wildman–Crippen MR) is 57.2 cm³/mol. The summed E-state index contributed by atoms with van der Waals surface area (Å²) >= 11 is 0. The Morgan fingerprint density at radius 3 is 2.87 bits per heavy atom. The highest BCUT2D eigenvalue weighted by Gasteiger charge is 2.27. The van der Waals surface area contributed by atoms with Gasteiger partial charge in [0.1, 0.15) is 17.7 Å². The first-order valence-corrected chi connectivity index (χ1v) is 5.29. The maximum absolute atomic E-state index is 13.0. The van der Waals surface area contributed by atoms with E-state index in [4.69, 9.17) is 10.5 Å². The molecule has 1 aliphatic rings. The summed E-state index contributed by atoms with van der Waals surface area (Å²) in [5.74, 6) is 0.902. The summed E-state index contributed by atoms with van der Waals surface area (Å²) < 4.78 is 18.8. The van der Waals surface area contributed by atoms with Crippen LogP contribution in [-0.2, 0) is 0 Å². The minimum atomic E-state index is -0.254. The first-order valence-electron chi connectivity index (χ1n) is 5.29. The SMILES string of the molecule is CC(C)C1C[C@@H](N)c2cc(F)ccc2O1. The third kappa shape index (κ3) is 1.97. The van der Waals surface area contributed by atoms with Crippen LogP contribution in [0.1, 0.15) is 31.9 Å². The number of benzene rings is 1. The topological polar surface area (TPSA) is 35.2 Å². The van der Waals surface area contributed by atoms with E-state index in [1.165, 1.54) is 12.1 Å². The fourth-order valence-corrected chi connectivity index (χ4v) is 1.91. The van der Waals surface area contributed by atoms with Crippen molar-refractivity contribution in [3.63, 3.8) is 0 Å². The summed E-state index contributed by atoms with van der Waals surface area (Å²) in [5, 5.41) is 0. The van der Waals surface area contributed by atoms with Crippen LogP contribution in [0.2, 0.25) is 0 Å². The second-order valence-electron chi connectivity index (χ2n) is 4.42. The molecule has 2 N–H and O–H groups in total. The number of fused-ring (bicyclic) bond motifs is 1. The maximum Gasteiger partial charge on any atom is 0.124 e. The van der Waals surface area contributed by atoms with Crippen LogP contribution in [0.15, 0.2) is 18.2 Å². The molecule has 2 nitrogen and oxygen atoms in total. The Labute approximate surface area is 89.2 Å². The zero-order valence-corrected chi connectivity index (χ0v) is 9.03. The maximum atomic E-state index is 13.0. The Kier molecular flexibility index (Phi) is 2.65. The van der Waals surface area contributed by atoms with Crippen molar-refractivity contribution in [2.45, 2.75) is 32.4 Å². The van der Waals surface area contributed by atoms with Crippen molar-refractivity contribution in [2.75, 3.05) is 0 Å². The molecule has 0 aliphatic carbocycles. The van der Waals surface area contributed by atoms with Crippen LogP contribution in [0.3, 0.4) is 0 Å². The molecule has 1 aromatic rings. The molecule has 15 heavy (non-hydrogen) atoms. The molecule has 1 aliphatic heterocycles. The molecule has 2 atom stereocenters. The largest absolute Gasteiger partial charge is 0.490 e. The van der Waals surface area contributed by atoms with Crippen molar-refractivity contribution in [1.29, 1.82) is 0 Å². The van der Waals surface area contributed by atoms with Crippen molar-refractivity contribution >= 4 is 0 Å². The average Bonchev–Trinajstić information content (AvgIpc) is 2.18. The number of hydrogen-bond acceptors (Lipinski definition) is 2. The van der Waals surface area contributed by atoms with Gasteiger partial charge in [-0.15, -0.1) is 0 Å². The van der Waals surface area contributed by atoms with Gasteiger partial charge in [0.15, 0.2) is 0 Å². The number of ether oxygens (including phenoxy) is 1. The van der Waals surface area contributed by atoms with Gasteiger partial charge >= 0.3 is 0 Å². The third-order valence-electron chi connectivity index (χ3n) is 2.88. The van der Waals surface area contributed by atoms with Crippen molar-refractivity contribution in [2.24, 2.45) is 11.7 Å². The lowest BCUT2D eigenvalue weighted by molar-refractivity contribution is 0.114. The fraction of sp³-hybridized carbons (Fsp3) is 0.500. The van der Waals surface area contributed by atoms with E-state index in [1.54, 1.807) is 6.07 Å².